The monoisotopic (exact) mass is 381 g/mol. The number of hydrogen-bond acceptors (Lipinski definition) is 5. The lowest BCUT2D eigenvalue weighted by molar-refractivity contribution is 0.102. The SMILES string of the molecule is COc1ccc(C)cc1Nc1nc(C(=O)Nc2c(C)cc(C)cc2C)cs1. The van der Waals surface area contributed by atoms with E-state index in [9.17, 15) is 4.79 Å². The van der Waals surface area contributed by atoms with Crippen LogP contribution in [0.4, 0.5) is 16.5 Å². The van der Waals surface area contributed by atoms with Crippen molar-refractivity contribution in [3.05, 3.63) is 63.7 Å². The minimum Gasteiger partial charge on any atom is -0.495 e. The van der Waals surface area contributed by atoms with Crippen molar-refractivity contribution in [2.75, 3.05) is 17.7 Å². The van der Waals surface area contributed by atoms with Crippen LogP contribution in [0, 0.1) is 27.7 Å². The summed E-state index contributed by atoms with van der Waals surface area (Å²) in [5.41, 5.74) is 6.41. The number of hydrogen-bond donors (Lipinski definition) is 2. The highest BCUT2D eigenvalue weighted by Crippen LogP contribution is 2.30. The molecule has 1 heterocycles. The molecular weight excluding hydrogens is 358 g/mol. The highest BCUT2D eigenvalue weighted by molar-refractivity contribution is 7.14. The number of amides is 1. The van der Waals surface area contributed by atoms with E-state index in [0.29, 0.717) is 10.8 Å². The van der Waals surface area contributed by atoms with Crippen LogP contribution in [0.15, 0.2) is 35.7 Å². The van der Waals surface area contributed by atoms with Gasteiger partial charge in [-0.25, -0.2) is 4.98 Å². The van der Waals surface area contributed by atoms with Gasteiger partial charge in [0.15, 0.2) is 5.13 Å². The number of benzene rings is 2. The molecule has 1 aromatic heterocycles. The minimum atomic E-state index is -0.217. The Bertz CT molecular complexity index is 972. The summed E-state index contributed by atoms with van der Waals surface area (Å²) in [6.45, 7) is 8.04. The van der Waals surface area contributed by atoms with Crippen LogP contribution in [0.3, 0.4) is 0 Å². The van der Waals surface area contributed by atoms with Crippen molar-refractivity contribution in [3.8, 4) is 5.75 Å². The van der Waals surface area contributed by atoms with E-state index in [1.54, 1.807) is 12.5 Å². The molecule has 0 aliphatic carbocycles. The third kappa shape index (κ3) is 4.28. The van der Waals surface area contributed by atoms with Crippen molar-refractivity contribution >= 4 is 33.8 Å². The predicted octanol–water partition coefficient (Wildman–Crippen LogP) is 5.38. The predicted molar refractivity (Wildman–Crippen MR) is 112 cm³/mol. The molecule has 0 saturated heterocycles. The van der Waals surface area contributed by atoms with E-state index in [2.05, 4.69) is 27.8 Å². The Morgan fingerprint density at radius 1 is 1.04 bits per heavy atom. The molecule has 5 nitrogen and oxygen atoms in total. The largest absolute Gasteiger partial charge is 0.495 e. The summed E-state index contributed by atoms with van der Waals surface area (Å²) < 4.78 is 5.38. The summed E-state index contributed by atoms with van der Waals surface area (Å²) >= 11 is 1.38. The summed E-state index contributed by atoms with van der Waals surface area (Å²) in [7, 11) is 1.63. The lowest BCUT2D eigenvalue weighted by atomic mass is 10.1. The van der Waals surface area contributed by atoms with E-state index in [0.717, 1.165) is 33.8 Å². The molecule has 1 amide bonds. The molecular formula is C21H23N3O2S. The number of nitrogens with zero attached hydrogens (tertiary/aromatic N) is 1. The first-order valence-corrected chi connectivity index (χ1v) is 9.51. The molecule has 0 fully saturated rings. The first-order chi connectivity index (χ1) is 12.9. The van der Waals surface area contributed by atoms with Gasteiger partial charge >= 0.3 is 0 Å². The van der Waals surface area contributed by atoms with Gasteiger partial charge in [-0.05, 0) is 56.5 Å². The molecule has 27 heavy (non-hydrogen) atoms. The van der Waals surface area contributed by atoms with Gasteiger partial charge in [-0.15, -0.1) is 11.3 Å². The van der Waals surface area contributed by atoms with E-state index in [-0.39, 0.29) is 5.91 Å². The van der Waals surface area contributed by atoms with Gasteiger partial charge in [0, 0.05) is 11.1 Å². The van der Waals surface area contributed by atoms with Gasteiger partial charge < -0.3 is 15.4 Å². The van der Waals surface area contributed by atoms with Crippen LogP contribution in [0.2, 0.25) is 0 Å². The first kappa shape index (κ1) is 18.9. The molecule has 6 heteroatoms. The van der Waals surface area contributed by atoms with Crippen LogP contribution in [0.25, 0.3) is 0 Å². The number of aromatic nitrogens is 1. The summed E-state index contributed by atoms with van der Waals surface area (Å²) in [6.07, 6.45) is 0. The van der Waals surface area contributed by atoms with Crippen molar-refractivity contribution in [1.82, 2.24) is 4.98 Å². The second kappa shape index (κ2) is 7.80. The fraction of sp³-hybridized carbons (Fsp3) is 0.238. The van der Waals surface area contributed by atoms with Crippen LogP contribution in [-0.4, -0.2) is 18.0 Å². The maximum atomic E-state index is 12.6. The molecule has 0 atom stereocenters. The Kier molecular flexibility index (Phi) is 5.46. The molecule has 140 valence electrons. The van der Waals surface area contributed by atoms with Gasteiger partial charge in [-0.1, -0.05) is 23.8 Å². The molecule has 0 spiro atoms. The van der Waals surface area contributed by atoms with Crippen LogP contribution in [-0.2, 0) is 0 Å². The van der Waals surface area contributed by atoms with E-state index in [4.69, 9.17) is 4.74 Å². The van der Waals surface area contributed by atoms with E-state index < -0.39 is 0 Å². The maximum absolute atomic E-state index is 12.6. The lowest BCUT2D eigenvalue weighted by Gasteiger charge is -2.12. The van der Waals surface area contributed by atoms with Gasteiger partial charge in [0.25, 0.3) is 5.91 Å². The molecule has 0 unspecified atom stereocenters. The summed E-state index contributed by atoms with van der Waals surface area (Å²) in [6, 6.07) is 9.99. The Balaban J connectivity index is 1.78. The van der Waals surface area contributed by atoms with Crippen molar-refractivity contribution in [2.24, 2.45) is 0 Å². The molecule has 2 N–H and O–H groups in total. The van der Waals surface area contributed by atoms with E-state index in [1.807, 2.05) is 45.9 Å². The fourth-order valence-electron chi connectivity index (χ4n) is 3.02. The fourth-order valence-corrected chi connectivity index (χ4v) is 3.73. The minimum absolute atomic E-state index is 0.217. The van der Waals surface area contributed by atoms with Crippen molar-refractivity contribution in [2.45, 2.75) is 27.7 Å². The number of methoxy groups -OCH3 is 1. The Labute approximate surface area is 163 Å². The second-order valence-corrected chi connectivity index (χ2v) is 7.45. The number of thiazole rings is 1. The number of ether oxygens (including phenoxy) is 1. The number of anilines is 3. The number of nitrogens with one attached hydrogen (secondary N) is 2. The maximum Gasteiger partial charge on any atom is 0.275 e. The Morgan fingerprint density at radius 2 is 1.74 bits per heavy atom. The standard InChI is InChI=1S/C21H23N3O2S/c1-12-6-7-18(26-5)16(10-12)22-21-23-17(11-27-21)20(25)24-19-14(3)8-13(2)9-15(19)4/h6-11H,1-5H3,(H,22,23)(H,24,25). The second-order valence-electron chi connectivity index (χ2n) is 6.59. The molecule has 0 aliphatic rings. The van der Waals surface area contributed by atoms with Gasteiger partial charge in [0.05, 0.1) is 12.8 Å². The summed E-state index contributed by atoms with van der Waals surface area (Å²) in [5, 5.41) is 8.61. The molecule has 0 bridgehead atoms. The molecule has 3 aromatic rings. The van der Waals surface area contributed by atoms with Gasteiger partial charge in [-0.2, -0.15) is 0 Å². The summed E-state index contributed by atoms with van der Waals surface area (Å²) in [5.74, 6) is 0.512. The van der Waals surface area contributed by atoms with Gasteiger partial charge in [0.2, 0.25) is 0 Å². The number of carbonyl (C=O) groups is 1. The molecule has 0 saturated carbocycles. The zero-order chi connectivity index (χ0) is 19.6. The van der Waals surface area contributed by atoms with Crippen molar-refractivity contribution < 1.29 is 9.53 Å². The van der Waals surface area contributed by atoms with Crippen LogP contribution < -0.4 is 15.4 Å². The van der Waals surface area contributed by atoms with Crippen LogP contribution in [0.5, 0.6) is 5.75 Å². The zero-order valence-corrected chi connectivity index (χ0v) is 17.0. The molecule has 0 aliphatic heterocycles. The quantitative estimate of drug-likeness (QED) is 0.623. The smallest absolute Gasteiger partial charge is 0.275 e. The summed E-state index contributed by atoms with van der Waals surface area (Å²) in [4.78, 5) is 17.1. The van der Waals surface area contributed by atoms with Crippen LogP contribution >= 0.6 is 11.3 Å². The Hall–Kier alpha value is -2.86. The highest BCUT2D eigenvalue weighted by Gasteiger charge is 2.15. The van der Waals surface area contributed by atoms with Gasteiger partial charge in [-0.3, -0.25) is 4.79 Å². The highest BCUT2D eigenvalue weighted by atomic mass is 32.1. The molecule has 0 radical (unpaired) electrons. The third-order valence-corrected chi connectivity index (χ3v) is 5.01. The third-order valence-electron chi connectivity index (χ3n) is 4.25. The van der Waals surface area contributed by atoms with E-state index in [1.165, 1.54) is 16.9 Å². The number of carbonyl (C=O) groups excluding carboxylic acids is 1. The molecule has 3 rings (SSSR count). The topological polar surface area (TPSA) is 63.2 Å². The number of aryl methyl sites for hydroxylation is 4. The zero-order valence-electron chi connectivity index (χ0n) is 16.1. The normalized spacial score (nSPS) is 10.6. The van der Waals surface area contributed by atoms with Crippen molar-refractivity contribution in [1.29, 1.82) is 0 Å². The van der Waals surface area contributed by atoms with Crippen molar-refractivity contribution in [3.63, 3.8) is 0 Å². The molecule has 2 aromatic carbocycles. The van der Waals surface area contributed by atoms with Crippen LogP contribution in [0.1, 0.15) is 32.7 Å². The lowest BCUT2D eigenvalue weighted by Crippen LogP contribution is -2.14. The average molecular weight is 382 g/mol. The van der Waals surface area contributed by atoms with E-state index >= 15 is 0 Å². The average Bonchev–Trinajstić information content (AvgIpc) is 3.07. The Morgan fingerprint density at radius 3 is 2.41 bits per heavy atom. The van der Waals surface area contributed by atoms with Gasteiger partial charge in [0.1, 0.15) is 11.4 Å². The first-order valence-electron chi connectivity index (χ1n) is 8.63. The number of rotatable bonds is 5.